The van der Waals surface area contributed by atoms with Crippen LogP contribution in [0.3, 0.4) is 0 Å². The second-order valence-electron chi connectivity index (χ2n) is 4.43. The van der Waals surface area contributed by atoms with Crippen molar-refractivity contribution in [2.45, 2.75) is 24.2 Å². The Hall–Kier alpha value is -1.34. The van der Waals surface area contributed by atoms with Crippen molar-refractivity contribution in [1.82, 2.24) is 0 Å². The van der Waals surface area contributed by atoms with Crippen molar-refractivity contribution in [1.29, 1.82) is 0 Å². The van der Waals surface area contributed by atoms with E-state index in [1.807, 2.05) is 0 Å². The van der Waals surface area contributed by atoms with Gasteiger partial charge in [-0.15, -0.1) is 0 Å². The second kappa shape index (κ2) is 5.34. The average molecular weight is 306 g/mol. The van der Waals surface area contributed by atoms with Crippen molar-refractivity contribution < 1.29 is 18.1 Å². The van der Waals surface area contributed by atoms with Gasteiger partial charge in [0.25, 0.3) is 9.05 Å². The van der Waals surface area contributed by atoms with E-state index in [4.69, 9.17) is 15.4 Å². The Kier molecular flexibility index (Phi) is 3.96. The summed E-state index contributed by atoms with van der Waals surface area (Å²) in [6.07, 6.45) is 3.27. The van der Waals surface area contributed by atoms with Crippen LogP contribution in [0.4, 0.5) is 5.69 Å². The fourth-order valence-electron chi connectivity index (χ4n) is 1.78. The van der Waals surface area contributed by atoms with E-state index in [0.717, 1.165) is 25.3 Å². The van der Waals surface area contributed by atoms with Gasteiger partial charge in [-0.2, -0.15) is 0 Å². The normalized spacial score (nSPS) is 15.8. The predicted molar refractivity (Wildman–Crippen MR) is 69.0 cm³/mol. The van der Waals surface area contributed by atoms with Crippen molar-refractivity contribution >= 4 is 25.4 Å². The van der Waals surface area contributed by atoms with Crippen LogP contribution in [-0.2, 0) is 9.05 Å². The number of hydrogen-bond acceptors (Lipinski definition) is 5. The Labute approximate surface area is 114 Å². The highest BCUT2D eigenvalue weighted by molar-refractivity contribution is 8.13. The molecule has 0 aliphatic heterocycles. The van der Waals surface area contributed by atoms with Crippen LogP contribution in [0.5, 0.6) is 5.75 Å². The van der Waals surface area contributed by atoms with E-state index in [2.05, 4.69) is 0 Å². The molecule has 0 heterocycles. The average Bonchev–Trinajstić information content (AvgIpc) is 2.25. The van der Waals surface area contributed by atoms with Gasteiger partial charge in [0.1, 0.15) is 0 Å². The summed E-state index contributed by atoms with van der Waals surface area (Å²) in [5, 5.41) is 10.9. The first-order chi connectivity index (χ1) is 8.88. The summed E-state index contributed by atoms with van der Waals surface area (Å²) in [7, 11) is 1.17. The topological polar surface area (TPSA) is 86.5 Å². The Morgan fingerprint density at radius 2 is 2.11 bits per heavy atom. The van der Waals surface area contributed by atoms with Crippen molar-refractivity contribution in [3.63, 3.8) is 0 Å². The van der Waals surface area contributed by atoms with Crippen LogP contribution >= 0.6 is 10.7 Å². The molecule has 0 spiro atoms. The third kappa shape index (κ3) is 3.36. The van der Waals surface area contributed by atoms with E-state index < -0.39 is 14.0 Å². The van der Waals surface area contributed by atoms with E-state index in [9.17, 15) is 18.5 Å². The molecule has 0 unspecified atom stereocenters. The first kappa shape index (κ1) is 14.1. The zero-order chi connectivity index (χ0) is 14.0. The minimum Gasteiger partial charge on any atom is -0.487 e. The highest BCUT2D eigenvalue weighted by Gasteiger charge is 2.23. The van der Waals surface area contributed by atoms with Gasteiger partial charge in [-0.25, -0.2) is 8.42 Å². The molecule has 1 aliphatic rings. The number of nitro groups is 1. The lowest BCUT2D eigenvalue weighted by Crippen LogP contribution is -2.19. The van der Waals surface area contributed by atoms with Gasteiger partial charge in [0.2, 0.25) is 0 Å². The van der Waals surface area contributed by atoms with E-state index in [-0.39, 0.29) is 16.3 Å². The molecule has 0 saturated heterocycles. The Bertz CT molecular complexity index is 597. The van der Waals surface area contributed by atoms with Crippen LogP contribution in [0, 0.1) is 16.0 Å². The van der Waals surface area contributed by atoms with Crippen molar-refractivity contribution in [3.05, 3.63) is 28.3 Å². The molecule has 1 fully saturated rings. The molecule has 0 N–H and O–H groups in total. The highest BCUT2D eigenvalue weighted by Crippen LogP contribution is 2.33. The van der Waals surface area contributed by atoms with Crippen LogP contribution in [0.1, 0.15) is 19.3 Å². The lowest BCUT2D eigenvalue weighted by molar-refractivity contribution is -0.386. The second-order valence-corrected chi connectivity index (χ2v) is 7.00. The smallest absolute Gasteiger partial charge is 0.312 e. The van der Waals surface area contributed by atoms with Gasteiger partial charge in [0, 0.05) is 16.7 Å². The number of ether oxygens (including phenoxy) is 1. The molecule has 0 amide bonds. The van der Waals surface area contributed by atoms with Crippen LogP contribution in [0.25, 0.3) is 0 Å². The third-order valence-corrected chi connectivity index (χ3v) is 4.46. The lowest BCUT2D eigenvalue weighted by atomic mass is 9.86. The van der Waals surface area contributed by atoms with Gasteiger partial charge in [-0.1, -0.05) is 6.42 Å². The maximum absolute atomic E-state index is 11.1. The molecule has 104 valence electrons. The van der Waals surface area contributed by atoms with Crippen molar-refractivity contribution in [3.8, 4) is 5.75 Å². The summed E-state index contributed by atoms with van der Waals surface area (Å²) in [6.45, 7) is 0.411. The minimum atomic E-state index is -3.99. The molecule has 2 rings (SSSR count). The van der Waals surface area contributed by atoms with E-state index in [1.165, 1.54) is 12.1 Å². The molecular weight excluding hydrogens is 294 g/mol. The summed E-state index contributed by atoms with van der Waals surface area (Å²) in [6, 6.07) is 3.38. The fourth-order valence-corrected chi connectivity index (χ4v) is 2.55. The van der Waals surface area contributed by atoms with Gasteiger partial charge < -0.3 is 4.74 Å². The lowest BCUT2D eigenvalue weighted by Gasteiger charge is -2.24. The maximum Gasteiger partial charge on any atom is 0.312 e. The molecular formula is C11H12ClNO5S. The van der Waals surface area contributed by atoms with Crippen molar-refractivity contribution in [2.75, 3.05) is 6.61 Å². The molecule has 8 heteroatoms. The minimum absolute atomic E-state index is 0.0703. The van der Waals surface area contributed by atoms with E-state index in [0.29, 0.717) is 12.5 Å². The molecule has 1 aliphatic carbocycles. The van der Waals surface area contributed by atoms with Crippen LogP contribution in [0.2, 0.25) is 0 Å². The summed E-state index contributed by atoms with van der Waals surface area (Å²) < 4.78 is 27.7. The highest BCUT2D eigenvalue weighted by atomic mass is 35.7. The number of nitro benzene ring substituents is 1. The maximum atomic E-state index is 11.1. The SMILES string of the molecule is O=[N+]([O-])c1cc(S(=O)(=O)Cl)ccc1OCC1CCC1. The van der Waals surface area contributed by atoms with E-state index >= 15 is 0 Å². The Balaban J connectivity index is 2.24. The van der Waals surface area contributed by atoms with Gasteiger partial charge in [0.15, 0.2) is 5.75 Å². The van der Waals surface area contributed by atoms with Gasteiger partial charge in [-0.3, -0.25) is 10.1 Å². The van der Waals surface area contributed by atoms with E-state index in [1.54, 1.807) is 0 Å². The Morgan fingerprint density at radius 1 is 1.42 bits per heavy atom. The molecule has 1 aromatic carbocycles. The summed E-state index contributed by atoms with van der Waals surface area (Å²) in [5.74, 6) is 0.497. The third-order valence-electron chi connectivity index (χ3n) is 3.11. The van der Waals surface area contributed by atoms with Gasteiger partial charge >= 0.3 is 5.69 Å². The summed E-state index contributed by atoms with van der Waals surface area (Å²) in [4.78, 5) is 9.93. The number of nitrogens with zero attached hydrogens (tertiary/aromatic N) is 1. The Morgan fingerprint density at radius 3 is 2.58 bits per heavy atom. The molecule has 6 nitrogen and oxygen atoms in total. The number of benzene rings is 1. The quantitative estimate of drug-likeness (QED) is 0.474. The molecule has 0 aromatic heterocycles. The van der Waals surface area contributed by atoms with Crippen LogP contribution < -0.4 is 4.74 Å². The summed E-state index contributed by atoms with van der Waals surface area (Å²) >= 11 is 0. The van der Waals surface area contributed by atoms with Crippen molar-refractivity contribution in [2.24, 2.45) is 5.92 Å². The number of rotatable bonds is 5. The first-order valence-corrected chi connectivity index (χ1v) is 8.05. The molecule has 0 bridgehead atoms. The molecule has 0 radical (unpaired) electrons. The molecule has 1 aromatic rings. The molecule has 0 atom stereocenters. The zero-order valence-corrected chi connectivity index (χ0v) is 11.5. The fraction of sp³-hybridized carbons (Fsp3) is 0.455. The van der Waals surface area contributed by atoms with Gasteiger partial charge in [0.05, 0.1) is 16.4 Å². The largest absolute Gasteiger partial charge is 0.487 e. The van der Waals surface area contributed by atoms with Crippen LogP contribution in [0.15, 0.2) is 23.1 Å². The van der Waals surface area contributed by atoms with Gasteiger partial charge in [-0.05, 0) is 30.9 Å². The predicted octanol–water partition coefficient (Wildman–Crippen LogP) is 2.70. The first-order valence-electron chi connectivity index (χ1n) is 5.74. The summed E-state index contributed by atoms with van der Waals surface area (Å²) in [5.41, 5.74) is -0.388. The number of halogens is 1. The molecule has 1 saturated carbocycles. The van der Waals surface area contributed by atoms with Crippen LogP contribution in [-0.4, -0.2) is 19.9 Å². The zero-order valence-electron chi connectivity index (χ0n) is 9.91. The standard InChI is InChI=1S/C11H12ClNO5S/c12-19(16,17)9-4-5-11(10(6-9)13(14)15)18-7-8-2-1-3-8/h4-6,8H,1-3,7H2. The molecule has 19 heavy (non-hydrogen) atoms. The number of hydrogen-bond donors (Lipinski definition) is 0. The monoisotopic (exact) mass is 305 g/mol.